The number of nitrogens with zero attached hydrogens (tertiary/aromatic N) is 5. The van der Waals surface area contributed by atoms with Crippen molar-refractivity contribution in [3.8, 4) is 0 Å². The highest BCUT2D eigenvalue weighted by Gasteiger charge is 2.24. The number of anilines is 2. The van der Waals surface area contributed by atoms with Crippen LogP contribution in [0.25, 0.3) is 0 Å². The number of β-amino-alcohol motifs (C(OH)–C–C–N with tert-alkyl or cyclic N) is 1. The molecule has 0 spiro atoms. The summed E-state index contributed by atoms with van der Waals surface area (Å²) in [7, 11) is -3.55. The van der Waals surface area contributed by atoms with E-state index in [1.165, 1.54) is 23.6 Å². The van der Waals surface area contributed by atoms with Crippen molar-refractivity contribution >= 4 is 38.6 Å². The Labute approximate surface area is 221 Å². The van der Waals surface area contributed by atoms with Gasteiger partial charge in [-0.25, -0.2) is 23.4 Å². The Morgan fingerprint density at radius 3 is 2.59 bits per heavy atom. The summed E-state index contributed by atoms with van der Waals surface area (Å²) in [6.07, 6.45) is 1.96. The van der Waals surface area contributed by atoms with Crippen molar-refractivity contribution in [2.45, 2.75) is 37.3 Å². The van der Waals surface area contributed by atoms with Gasteiger partial charge in [0.1, 0.15) is 16.5 Å². The number of para-hydroxylation sites is 1. The Bertz CT molecular complexity index is 1350. The lowest BCUT2D eigenvalue weighted by Gasteiger charge is -2.35. The van der Waals surface area contributed by atoms with Gasteiger partial charge in [0.2, 0.25) is 0 Å². The Hall–Kier alpha value is -2.93. The number of aliphatic hydroxyl groups excluding tert-OH is 1. The van der Waals surface area contributed by atoms with Crippen LogP contribution in [0.2, 0.25) is 0 Å². The summed E-state index contributed by atoms with van der Waals surface area (Å²) in [5.41, 5.74) is 1.07. The van der Waals surface area contributed by atoms with Crippen LogP contribution in [0.15, 0.2) is 41.4 Å². The molecule has 2 aromatic heterocycles. The largest absolute Gasteiger partial charge is 0.395 e. The molecule has 3 heterocycles. The first-order chi connectivity index (χ1) is 17.7. The third-order valence-corrected chi connectivity index (χ3v) is 9.37. The second-order valence-corrected chi connectivity index (χ2v) is 12.7. The summed E-state index contributed by atoms with van der Waals surface area (Å²) in [6, 6.07) is 8.38. The first kappa shape index (κ1) is 27.1. The molecule has 0 atom stereocenters. The predicted molar refractivity (Wildman–Crippen MR) is 144 cm³/mol. The van der Waals surface area contributed by atoms with Crippen molar-refractivity contribution in [1.29, 1.82) is 0 Å². The Kier molecular flexibility index (Phi) is 8.53. The topological polar surface area (TPSA) is 129 Å². The fourth-order valence-electron chi connectivity index (χ4n) is 4.11. The molecule has 0 aliphatic carbocycles. The molecule has 1 aliphatic rings. The molecule has 1 saturated heterocycles. The number of hydrogen-bond acceptors (Lipinski definition) is 10. The summed E-state index contributed by atoms with van der Waals surface area (Å²) in [5, 5.41) is 12.0. The summed E-state index contributed by atoms with van der Waals surface area (Å²) in [4.78, 5) is 31.4. The average molecular weight is 545 g/mol. The number of aliphatic hydroxyl groups is 1. The van der Waals surface area contributed by atoms with Crippen molar-refractivity contribution in [3.05, 3.63) is 57.9 Å². The van der Waals surface area contributed by atoms with E-state index in [2.05, 4.69) is 30.1 Å². The number of benzene rings is 1. The fraction of sp³-hybridized carbons (Fsp3) is 0.440. The van der Waals surface area contributed by atoms with Crippen LogP contribution >= 0.6 is 11.3 Å². The van der Waals surface area contributed by atoms with E-state index in [-0.39, 0.29) is 17.2 Å². The smallest absolute Gasteiger partial charge is 0.267 e. The number of carbonyl (C=O) groups excluding carboxylic acids is 1. The highest BCUT2D eigenvalue weighted by atomic mass is 32.2. The van der Waals surface area contributed by atoms with E-state index >= 15 is 0 Å². The molecule has 0 unspecified atom stereocenters. The predicted octanol–water partition coefficient (Wildman–Crippen LogP) is 2.38. The number of hydrogen-bond donors (Lipinski definition) is 2. The number of sulfone groups is 1. The number of thiazole rings is 1. The van der Waals surface area contributed by atoms with E-state index in [4.69, 9.17) is 5.11 Å². The van der Waals surface area contributed by atoms with Crippen molar-refractivity contribution in [1.82, 2.24) is 19.9 Å². The van der Waals surface area contributed by atoms with Crippen LogP contribution in [0.4, 0.5) is 11.5 Å². The maximum atomic E-state index is 12.9. The van der Waals surface area contributed by atoms with Gasteiger partial charge in [-0.1, -0.05) is 12.1 Å². The Morgan fingerprint density at radius 1 is 1.16 bits per heavy atom. The number of piperazine rings is 1. The molecule has 1 aromatic carbocycles. The number of aromatic nitrogens is 3. The average Bonchev–Trinajstić information content (AvgIpc) is 3.33. The molecular formula is C25H32N6O4S2. The SMILES string of the molecule is Cc1nc(Cc2ncc(C(=O)Nc3ccccc3S(=O)(=O)C(C)C)s2)cc(N2CCN(CCO)CC2)n1. The van der Waals surface area contributed by atoms with E-state index < -0.39 is 21.0 Å². The quantitative estimate of drug-likeness (QED) is 0.417. The first-order valence-corrected chi connectivity index (χ1v) is 14.6. The zero-order valence-corrected chi connectivity index (χ0v) is 22.8. The van der Waals surface area contributed by atoms with Gasteiger partial charge in [0.05, 0.1) is 39.3 Å². The molecule has 2 N–H and O–H groups in total. The van der Waals surface area contributed by atoms with E-state index in [1.807, 2.05) is 13.0 Å². The Morgan fingerprint density at radius 2 is 1.89 bits per heavy atom. The minimum atomic E-state index is -3.55. The molecule has 1 fully saturated rings. The van der Waals surface area contributed by atoms with Gasteiger partial charge in [-0.15, -0.1) is 11.3 Å². The molecule has 0 radical (unpaired) electrons. The van der Waals surface area contributed by atoms with Crippen LogP contribution in [-0.4, -0.2) is 83.9 Å². The molecule has 10 nitrogen and oxygen atoms in total. The minimum absolute atomic E-state index is 0.101. The van der Waals surface area contributed by atoms with E-state index in [0.717, 1.165) is 42.7 Å². The number of rotatable bonds is 9. The number of amides is 1. The molecule has 0 saturated carbocycles. The monoisotopic (exact) mass is 544 g/mol. The molecule has 1 amide bonds. The van der Waals surface area contributed by atoms with E-state index in [1.54, 1.807) is 32.0 Å². The summed E-state index contributed by atoms with van der Waals surface area (Å²) in [5.74, 6) is 1.13. The summed E-state index contributed by atoms with van der Waals surface area (Å²) in [6.45, 7) is 9.31. The van der Waals surface area contributed by atoms with Crippen molar-refractivity contribution in [2.24, 2.45) is 0 Å². The van der Waals surface area contributed by atoms with Gasteiger partial charge in [-0.05, 0) is 32.9 Å². The van der Waals surface area contributed by atoms with Crippen LogP contribution < -0.4 is 10.2 Å². The van der Waals surface area contributed by atoms with Gasteiger partial charge in [0, 0.05) is 45.2 Å². The van der Waals surface area contributed by atoms with Crippen LogP contribution in [0.1, 0.15) is 40.0 Å². The lowest BCUT2D eigenvalue weighted by atomic mass is 10.2. The highest BCUT2D eigenvalue weighted by molar-refractivity contribution is 7.92. The van der Waals surface area contributed by atoms with Gasteiger partial charge in [-0.2, -0.15) is 0 Å². The van der Waals surface area contributed by atoms with Crippen LogP contribution in [0, 0.1) is 6.92 Å². The van der Waals surface area contributed by atoms with Crippen LogP contribution in [-0.2, 0) is 16.3 Å². The molecular weight excluding hydrogens is 512 g/mol. The zero-order chi connectivity index (χ0) is 26.6. The number of carbonyl (C=O) groups is 1. The molecule has 3 aromatic rings. The third kappa shape index (κ3) is 6.50. The maximum absolute atomic E-state index is 12.9. The van der Waals surface area contributed by atoms with Gasteiger partial charge in [0.15, 0.2) is 9.84 Å². The molecule has 37 heavy (non-hydrogen) atoms. The molecule has 4 rings (SSSR count). The normalized spacial score (nSPS) is 14.8. The van der Waals surface area contributed by atoms with Crippen molar-refractivity contribution in [3.63, 3.8) is 0 Å². The zero-order valence-electron chi connectivity index (χ0n) is 21.2. The number of aryl methyl sites for hydroxylation is 1. The van der Waals surface area contributed by atoms with Gasteiger partial charge >= 0.3 is 0 Å². The summed E-state index contributed by atoms with van der Waals surface area (Å²) >= 11 is 1.25. The molecule has 198 valence electrons. The second kappa shape index (κ2) is 11.6. The summed E-state index contributed by atoms with van der Waals surface area (Å²) < 4.78 is 25.4. The first-order valence-electron chi connectivity index (χ1n) is 12.2. The molecule has 12 heteroatoms. The Balaban J connectivity index is 1.45. The lowest BCUT2D eigenvalue weighted by molar-refractivity contribution is 0.103. The fourth-order valence-corrected chi connectivity index (χ4v) is 6.14. The lowest BCUT2D eigenvalue weighted by Crippen LogP contribution is -2.47. The van der Waals surface area contributed by atoms with E-state index in [0.29, 0.717) is 23.7 Å². The van der Waals surface area contributed by atoms with Crippen molar-refractivity contribution < 1.29 is 18.3 Å². The molecule has 0 bridgehead atoms. The van der Waals surface area contributed by atoms with Crippen LogP contribution in [0.3, 0.4) is 0 Å². The maximum Gasteiger partial charge on any atom is 0.267 e. The van der Waals surface area contributed by atoms with Crippen LogP contribution in [0.5, 0.6) is 0 Å². The van der Waals surface area contributed by atoms with Gasteiger partial charge in [0.25, 0.3) is 5.91 Å². The number of nitrogens with one attached hydrogen (secondary N) is 1. The molecule has 1 aliphatic heterocycles. The second-order valence-electron chi connectivity index (χ2n) is 9.16. The third-order valence-electron chi connectivity index (χ3n) is 6.16. The standard InChI is InChI=1S/C25H32N6O4S2/c1-17(2)37(34,35)22-7-5-4-6-20(22)29-25(33)21-16-26-24(36-21)15-19-14-23(28-18(3)27-19)31-10-8-30(9-11-31)12-13-32/h4-7,14,16-17,32H,8-13,15H2,1-3H3,(H,29,33). The van der Waals surface area contributed by atoms with Gasteiger partial charge in [-0.3, -0.25) is 9.69 Å². The van der Waals surface area contributed by atoms with Crippen molar-refractivity contribution in [2.75, 3.05) is 49.5 Å². The van der Waals surface area contributed by atoms with Gasteiger partial charge < -0.3 is 15.3 Å². The van der Waals surface area contributed by atoms with E-state index in [9.17, 15) is 13.2 Å². The minimum Gasteiger partial charge on any atom is -0.395 e. The highest BCUT2D eigenvalue weighted by Crippen LogP contribution is 2.26.